The maximum absolute atomic E-state index is 13.2. The fraction of sp³-hybridized carbons (Fsp3) is 0.458. The van der Waals surface area contributed by atoms with Crippen molar-refractivity contribution in [3.63, 3.8) is 0 Å². The van der Waals surface area contributed by atoms with Crippen molar-refractivity contribution in [2.24, 2.45) is 5.92 Å². The lowest BCUT2D eigenvalue weighted by Crippen LogP contribution is -2.41. The average Bonchev–Trinajstić information content (AvgIpc) is 3.25. The van der Waals surface area contributed by atoms with Crippen LogP contribution in [0, 0.1) is 11.7 Å². The summed E-state index contributed by atoms with van der Waals surface area (Å²) in [5, 5.41) is 13.7. The fourth-order valence-electron chi connectivity index (χ4n) is 4.13. The maximum atomic E-state index is 13.2. The molecular formula is C24H27F4NO2. The van der Waals surface area contributed by atoms with Crippen molar-refractivity contribution in [1.82, 2.24) is 5.32 Å². The number of aliphatic hydroxyl groups excluding tert-OH is 1. The molecule has 2 atom stereocenters. The molecule has 31 heavy (non-hydrogen) atoms. The highest BCUT2D eigenvalue weighted by Crippen LogP contribution is 2.30. The minimum Gasteiger partial charge on any atom is -0.386 e. The summed E-state index contributed by atoms with van der Waals surface area (Å²) in [6.07, 6.45) is 0.333. The van der Waals surface area contributed by atoms with Gasteiger partial charge in [0.2, 0.25) is 5.91 Å². The van der Waals surface area contributed by atoms with E-state index in [-0.39, 0.29) is 12.3 Å². The number of carbonyl (C=O) groups is 1. The summed E-state index contributed by atoms with van der Waals surface area (Å²) in [5.74, 6) is -0.109. The van der Waals surface area contributed by atoms with Crippen LogP contribution in [0.4, 0.5) is 17.6 Å². The van der Waals surface area contributed by atoms with Gasteiger partial charge in [0.05, 0.1) is 17.7 Å². The Morgan fingerprint density at radius 3 is 2.23 bits per heavy atom. The third kappa shape index (κ3) is 6.79. The van der Waals surface area contributed by atoms with Crippen LogP contribution in [0.3, 0.4) is 0 Å². The van der Waals surface area contributed by atoms with Crippen molar-refractivity contribution >= 4 is 5.91 Å². The second-order valence-electron chi connectivity index (χ2n) is 8.26. The number of amides is 1. The lowest BCUT2D eigenvalue weighted by molar-refractivity contribution is -0.137. The molecule has 2 aromatic rings. The second kappa shape index (κ2) is 10.3. The number of alkyl halides is 3. The van der Waals surface area contributed by atoms with Gasteiger partial charge < -0.3 is 10.4 Å². The molecule has 0 aliphatic heterocycles. The lowest BCUT2D eigenvalue weighted by Gasteiger charge is -2.25. The Morgan fingerprint density at radius 2 is 1.65 bits per heavy atom. The summed E-state index contributed by atoms with van der Waals surface area (Å²) in [5.41, 5.74) is 0.220. The largest absolute Gasteiger partial charge is 0.416 e. The third-order valence-electron chi connectivity index (χ3n) is 5.93. The predicted molar refractivity (Wildman–Crippen MR) is 110 cm³/mol. The molecule has 2 N–H and O–H groups in total. The standard InChI is InChI=1S/C24H27F4NO2/c25-20-12-8-18(9-13-20)23(31)21(29-22(30)14-7-16-3-1-2-4-16)15-17-5-10-19(11-6-17)24(26,27)28/h5-6,8-13,16,21,23,31H,1-4,7,14-15H2,(H,29,30). The van der Waals surface area contributed by atoms with E-state index in [1.807, 2.05) is 0 Å². The normalized spacial score (nSPS) is 16.8. The van der Waals surface area contributed by atoms with E-state index >= 15 is 0 Å². The van der Waals surface area contributed by atoms with Crippen LogP contribution in [0.15, 0.2) is 48.5 Å². The number of carbonyl (C=O) groups excluding carboxylic acids is 1. The van der Waals surface area contributed by atoms with E-state index < -0.39 is 29.7 Å². The van der Waals surface area contributed by atoms with Gasteiger partial charge in [-0.1, -0.05) is 49.9 Å². The summed E-state index contributed by atoms with van der Waals surface area (Å²) in [4.78, 5) is 12.5. The van der Waals surface area contributed by atoms with Crippen LogP contribution in [-0.4, -0.2) is 17.1 Å². The molecule has 0 heterocycles. The minimum absolute atomic E-state index is 0.145. The van der Waals surface area contributed by atoms with Crippen LogP contribution < -0.4 is 5.32 Å². The molecule has 1 amide bonds. The molecule has 0 aromatic heterocycles. The topological polar surface area (TPSA) is 49.3 Å². The summed E-state index contributed by atoms with van der Waals surface area (Å²) in [6, 6.07) is 9.21. The Bertz CT molecular complexity index is 843. The molecule has 3 rings (SSSR count). The Kier molecular flexibility index (Phi) is 7.70. The van der Waals surface area contributed by atoms with Gasteiger partial charge >= 0.3 is 6.18 Å². The van der Waals surface area contributed by atoms with Gasteiger partial charge in [-0.15, -0.1) is 0 Å². The molecule has 7 heteroatoms. The predicted octanol–water partition coefficient (Wildman–Crippen LogP) is 5.58. The Labute approximate surface area is 179 Å². The van der Waals surface area contributed by atoms with Gasteiger partial charge in [0, 0.05) is 6.42 Å². The van der Waals surface area contributed by atoms with Crippen LogP contribution in [0.25, 0.3) is 0 Å². The zero-order valence-corrected chi connectivity index (χ0v) is 17.2. The highest BCUT2D eigenvalue weighted by molar-refractivity contribution is 5.76. The number of hydrogen-bond donors (Lipinski definition) is 2. The van der Waals surface area contributed by atoms with Crippen LogP contribution >= 0.6 is 0 Å². The lowest BCUT2D eigenvalue weighted by atomic mass is 9.95. The summed E-state index contributed by atoms with van der Waals surface area (Å²) >= 11 is 0. The first-order chi connectivity index (χ1) is 14.7. The van der Waals surface area contributed by atoms with Gasteiger partial charge in [-0.25, -0.2) is 4.39 Å². The first-order valence-electron chi connectivity index (χ1n) is 10.6. The SMILES string of the molecule is O=C(CCC1CCCC1)NC(Cc1ccc(C(F)(F)F)cc1)C(O)c1ccc(F)cc1. The summed E-state index contributed by atoms with van der Waals surface area (Å²) < 4.78 is 51.7. The van der Waals surface area contributed by atoms with Crippen molar-refractivity contribution in [3.05, 3.63) is 71.0 Å². The molecule has 3 nitrogen and oxygen atoms in total. The molecule has 1 fully saturated rings. The van der Waals surface area contributed by atoms with Gasteiger partial charge in [0.1, 0.15) is 5.82 Å². The number of halogens is 4. The van der Waals surface area contributed by atoms with E-state index in [1.165, 1.54) is 49.2 Å². The highest BCUT2D eigenvalue weighted by Gasteiger charge is 2.30. The van der Waals surface area contributed by atoms with E-state index in [0.717, 1.165) is 31.4 Å². The zero-order valence-electron chi connectivity index (χ0n) is 17.2. The van der Waals surface area contributed by atoms with Crippen LogP contribution in [0.5, 0.6) is 0 Å². The van der Waals surface area contributed by atoms with Crippen LogP contribution in [-0.2, 0) is 17.4 Å². The van der Waals surface area contributed by atoms with Crippen molar-refractivity contribution < 1.29 is 27.5 Å². The van der Waals surface area contributed by atoms with Gasteiger partial charge in [-0.2, -0.15) is 13.2 Å². The van der Waals surface area contributed by atoms with E-state index in [2.05, 4.69) is 5.32 Å². The molecule has 0 saturated heterocycles. The van der Waals surface area contributed by atoms with Gasteiger partial charge in [-0.05, 0) is 54.2 Å². The minimum atomic E-state index is -4.43. The molecule has 0 bridgehead atoms. The van der Waals surface area contributed by atoms with Crippen LogP contribution in [0.2, 0.25) is 0 Å². The molecule has 1 aliphatic rings. The van der Waals surface area contributed by atoms with Crippen molar-refractivity contribution in [3.8, 4) is 0 Å². The highest BCUT2D eigenvalue weighted by atomic mass is 19.4. The Morgan fingerprint density at radius 1 is 1.03 bits per heavy atom. The molecule has 1 aliphatic carbocycles. The second-order valence-corrected chi connectivity index (χ2v) is 8.26. The number of benzene rings is 2. The number of nitrogens with one attached hydrogen (secondary N) is 1. The number of hydrogen-bond acceptors (Lipinski definition) is 2. The van der Waals surface area contributed by atoms with Crippen LogP contribution in [0.1, 0.15) is 61.3 Å². The molecular weight excluding hydrogens is 410 g/mol. The number of rotatable bonds is 8. The molecule has 2 aromatic carbocycles. The van der Waals surface area contributed by atoms with Gasteiger partial charge in [0.15, 0.2) is 0 Å². The van der Waals surface area contributed by atoms with E-state index in [9.17, 15) is 27.5 Å². The summed E-state index contributed by atoms with van der Waals surface area (Å²) in [7, 11) is 0. The Hall–Kier alpha value is -2.41. The van der Waals surface area contributed by atoms with Crippen molar-refractivity contribution in [1.29, 1.82) is 0 Å². The Balaban J connectivity index is 1.71. The molecule has 0 spiro atoms. The first kappa shape index (κ1) is 23.3. The van der Waals surface area contributed by atoms with E-state index in [4.69, 9.17) is 0 Å². The fourth-order valence-corrected chi connectivity index (χ4v) is 4.13. The van der Waals surface area contributed by atoms with Gasteiger partial charge in [-0.3, -0.25) is 4.79 Å². The smallest absolute Gasteiger partial charge is 0.386 e. The third-order valence-corrected chi connectivity index (χ3v) is 5.93. The zero-order chi connectivity index (χ0) is 22.4. The van der Waals surface area contributed by atoms with Crippen molar-refractivity contribution in [2.75, 3.05) is 0 Å². The quantitative estimate of drug-likeness (QED) is 0.530. The van der Waals surface area contributed by atoms with E-state index in [0.29, 0.717) is 23.5 Å². The van der Waals surface area contributed by atoms with Gasteiger partial charge in [0.25, 0.3) is 0 Å². The first-order valence-corrected chi connectivity index (χ1v) is 10.6. The summed E-state index contributed by atoms with van der Waals surface area (Å²) in [6.45, 7) is 0. The molecule has 0 radical (unpaired) electrons. The van der Waals surface area contributed by atoms with E-state index in [1.54, 1.807) is 0 Å². The van der Waals surface area contributed by atoms with Crippen molar-refractivity contribution in [2.45, 2.75) is 63.3 Å². The average molecular weight is 437 g/mol. The molecule has 168 valence electrons. The molecule has 2 unspecified atom stereocenters. The monoisotopic (exact) mass is 437 g/mol. The molecule has 1 saturated carbocycles. The number of aliphatic hydroxyl groups is 1. The maximum Gasteiger partial charge on any atom is 0.416 e.